The Morgan fingerprint density at radius 3 is 2.37 bits per heavy atom. The van der Waals surface area contributed by atoms with Crippen LogP contribution in [0.1, 0.15) is 31.2 Å². The molecule has 19 heavy (non-hydrogen) atoms. The first-order chi connectivity index (χ1) is 9.12. The maximum atomic E-state index is 11.8. The maximum absolute atomic E-state index is 11.8. The summed E-state index contributed by atoms with van der Waals surface area (Å²) in [5, 5.41) is 14.6. The average molecular weight is 262 g/mol. The van der Waals surface area contributed by atoms with Gasteiger partial charge in [0, 0.05) is 6.54 Å². The van der Waals surface area contributed by atoms with E-state index in [9.17, 15) is 14.7 Å². The molecule has 0 heterocycles. The Hall–Kier alpha value is -2.04. The molecule has 1 saturated carbocycles. The Morgan fingerprint density at radius 1 is 1.16 bits per heavy atom. The molecule has 5 nitrogen and oxygen atoms in total. The fourth-order valence-electron chi connectivity index (χ4n) is 2.41. The predicted molar refractivity (Wildman–Crippen MR) is 70.6 cm³/mol. The molecule has 0 aliphatic heterocycles. The van der Waals surface area contributed by atoms with Crippen LogP contribution in [-0.4, -0.2) is 22.6 Å². The summed E-state index contributed by atoms with van der Waals surface area (Å²) in [5.41, 5.74) is -0.103. The lowest BCUT2D eigenvalue weighted by atomic mass is 9.98. The Morgan fingerprint density at radius 2 is 1.79 bits per heavy atom. The number of urea groups is 1. The smallest absolute Gasteiger partial charge is 0.329 e. The van der Waals surface area contributed by atoms with E-state index in [1.165, 1.54) is 0 Å². The first-order valence-electron chi connectivity index (χ1n) is 6.46. The number of amides is 2. The number of rotatable bonds is 4. The molecular weight excluding hydrogens is 244 g/mol. The molecule has 0 spiro atoms. The second kappa shape index (κ2) is 5.73. The van der Waals surface area contributed by atoms with Crippen LogP contribution in [0.25, 0.3) is 0 Å². The molecule has 1 aliphatic carbocycles. The third kappa shape index (κ3) is 3.24. The molecule has 0 radical (unpaired) electrons. The quantitative estimate of drug-likeness (QED) is 0.775. The highest BCUT2D eigenvalue weighted by atomic mass is 16.4. The molecule has 2 amide bonds. The van der Waals surface area contributed by atoms with Gasteiger partial charge >= 0.3 is 12.0 Å². The molecular formula is C14H18N2O3. The normalized spacial score (nSPS) is 16.8. The van der Waals surface area contributed by atoms with Gasteiger partial charge < -0.3 is 15.7 Å². The predicted octanol–water partition coefficient (Wildman–Crippen LogP) is 1.88. The van der Waals surface area contributed by atoms with E-state index in [1.807, 2.05) is 30.3 Å². The zero-order valence-electron chi connectivity index (χ0n) is 10.7. The molecule has 0 saturated heterocycles. The fourth-order valence-corrected chi connectivity index (χ4v) is 2.41. The molecule has 1 aliphatic rings. The largest absolute Gasteiger partial charge is 0.480 e. The van der Waals surface area contributed by atoms with Crippen LogP contribution in [-0.2, 0) is 11.3 Å². The van der Waals surface area contributed by atoms with Crippen LogP contribution in [0.3, 0.4) is 0 Å². The summed E-state index contributed by atoms with van der Waals surface area (Å²) in [7, 11) is 0. The summed E-state index contributed by atoms with van der Waals surface area (Å²) in [4.78, 5) is 23.1. The highest BCUT2D eigenvalue weighted by Gasteiger charge is 2.42. The molecule has 0 unspecified atom stereocenters. The first kappa shape index (κ1) is 13.4. The number of benzene rings is 1. The third-order valence-corrected chi connectivity index (χ3v) is 3.52. The van der Waals surface area contributed by atoms with Crippen molar-refractivity contribution in [3.8, 4) is 0 Å². The summed E-state index contributed by atoms with van der Waals surface area (Å²) in [5.74, 6) is -0.945. The molecule has 0 bridgehead atoms. The standard InChI is InChI=1S/C14H18N2O3/c17-12(18)14(8-4-5-9-14)16-13(19)15-10-11-6-2-1-3-7-11/h1-3,6-7H,4-5,8-10H2,(H,17,18)(H2,15,16,19). The molecule has 1 fully saturated rings. The van der Waals surface area contributed by atoms with Crippen LogP contribution >= 0.6 is 0 Å². The van der Waals surface area contributed by atoms with Gasteiger partial charge in [0.05, 0.1) is 0 Å². The van der Waals surface area contributed by atoms with Gasteiger partial charge in [-0.15, -0.1) is 0 Å². The van der Waals surface area contributed by atoms with Crippen molar-refractivity contribution in [2.45, 2.75) is 37.8 Å². The van der Waals surface area contributed by atoms with Gasteiger partial charge in [0.15, 0.2) is 0 Å². The van der Waals surface area contributed by atoms with Crippen molar-refractivity contribution in [1.82, 2.24) is 10.6 Å². The lowest BCUT2D eigenvalue weighted by Crippen LogP contribution is -2.55. The zero-order valence-corrected chi connectivity index (χ0v) is 10.7. The topological polar surface area (TPSA) is 78.4 Å². The molecule has 1 aromatic carbocycles. The molecule has 0 atom stereocenters. The number of hydrogen-bond acceptors (Lipinski definition) is 2. The molecule has 102 valence electrons. The van der Waals surface area contributed by atoms with Crippen LogP contribution in [0.4, 0.5) is 4.79 Å². The van der Waals surface area contributed by atoms with E-state index in [0.29, 0.717) is 19.4 Å². The van der Waals surface area contributed by atoms with Gasteiger partial charge in [0.1, 0.15) is 5.54 Å². The average Bonchev–Trinajstić information content (AvgIpc) is 2.87. The molecule has 5 heteroatoms. The summed E-state index contributed by atoms with van der Waals surface area (Å²) in [6.07, 6.45) is 2.68. The van der Waals surface area contributed by atoms with Crippen LogP contribution in [0.2, 0.25) is 0 Å². The minimum Gasteiger partial charge on any atom is -0.480 e. The number of carboxylic acid groups (broad SMARTS) is 1. The van der Waals surface area contributed by atoms with Gasteiger partial charge in [0.2, 0.25) is 0 Å². The van der Waals surface area contributed by atoms with Crippen molar-refractivity contribution >= 4 is 12.0 Å². The van der Waals surface area contributed by atoms with Crippen LogP contribution in [0.5, 0.6) is 0 Å². The van der Waals surface area contributed by atoms with E-state index in [0.717, 1.165) is 18.4 Å². The highest BCUT2D eigenvalue weighted by Crippen LogP contribution is 2.29. The van der Waals surface area contributed by atoms with Crippen LogP contribution in [0.15, 0.2) is 30.3 Å². The zero-order chi connectivity index (χ0) is 13.7. The monoisotopic (exact) mass is 262 g/mol. The van der Waals surface area contributed by atoms with Gasteiger partial charge in [-0.1, -0.05) is 43.2 Å². The van der Waals surface area contributed by atoms with E-state index in [2.05, 4.69) is 10.6 Å². The van der Waals surface area contributed by atoms with Crippen LogP contribution < -0.4 is 10.6 Å². The Balaban J connectivity index is 1.88. The van der Waals surface area contributed by atoms with Crippen molar-refractivity contribution in [3.63, 3.8) is 0 Å². The van der Waals surface area contributed by atoms with Crippen LogP contribution in [0, 0.1) is 0 Å². The van der Waals surface area contributed by atoms with Gasteiger partial charge in [0.25, 0.3) is 0 Å². The lowest BCUT2D eigenvalue weighted by molar-refractivity contribution is -0.144. The van der Waals surface area contributed by atoms with E-state index in [4.69, 9.17) is 0 Å². The van der Waals surface area contributed by atoms with Crippen molar-refractivity contribution in [2.75, 3.05) is 0 Å². The number of carbonyl (C=O) groups is 2. The molecule has 3 N–H and O–H groups in total. The number of carbonyl (C=O) groups excluding carboxylic acids is 1. The van der Waals surface area contributed by atoms with E-state index in [1.54, 1.807) is 0 Å². The Kier molecular flexibility index (Phi) is 4.04. The van der Waals surface area contributed by atoms with E-state index in [-0.39, 0.29) is 0 Å². The van der Waals surface area contributed by atoms with Crippen molar-refractivity contribution in [3.05, 3.63) is 35.9 Å². The van der Waals surface area contributed by atoms with E-state index >= 15 is 0 Å². The number of carboxylic acids is 1. The first-order valence-corrected chi connectivity index (χ1v) is 6.46. The SMILES string of the molecule is O=C(NCc1ccccc1)NC1(C(=O)O)CCCC1. The maximum Gasteiger partial charge on any atom is 0.329 e. The van der Waals surface area contributed by atoms with Gasteiger partial charge in [-0.3, -0.25) is 0 Å². The van der Waals surface area contributed by atoms with Crippen molar-refractivity contribution < 1.29 is 14.7 Å². The minimum absolute atomic E-state index is 0.391. The Bertz CT molecular complexity index is 453. The van der Waals surface area contributed by atoms with Gasteiger partial charge in [-0.05, 0) is 18.4 Å². The lowest BCUT2D eigenvalue weighted by Gasteiger charge is -2.25. The third-order valence-electron chi connectivity index (χ3n) is 3.52. The van der Waals surface area contributed by atoms with Gasteiger partial charge in [-0.25, -0.2) is 9.59 Å². The molecule has 0 aromatic heterocycles. The van der Waals surface area contributed by atoms with Crippen molar-refractivity contribution in [2.24, 2.45) is 0 Å². The summed E-state index contributed by atoms with van der Waals surface area (Å²) < 4.78 is 0. The second-order valence-corrected chi connectivity index (χ2v) is 4.89. The summed E-state index contributed by atoms with van der Waals surface area (Å²) in [6.45, 7) is 0.391. The molecule has 1 aromatic rings. The fraction of sp³-hybridized carbons (Fsp3) is 0.429. The highest BCUT2D eigenvalue weighted by molar-refractivity contribution is 5.86. The Labute approximate surface area is 112 Å². The van der Waals surface area contributed by atoms with E-state index < -0.39 is 17.5 Å². The summed E-state index contributed by atoms with van der Waals surface area (Å²) in [6, 6.07) is 9.08. The van der Waals surface area contributed by atoms with Crippen molar-refractivity contribution in [1.29, 1.82) is 0 Å². The number of hydrogen-bond donors (Lipinski definition) is 3. The number of nitrogens with one attached hydrogen (secondary N) is 2. The molecule has 2 rings (SSSR count). The number of aliphatic carboxylic acids is 1. The van der Waals surface area contributed by atoms with Gasteiger partial charge in [-0.2, -0.15) is 0 Å². The second-order valence-electron chi connectivity index (χ2n) is 4.89. The minimum atomic E-state index is -1.08. The summed E-state index contributed by atoms with van der Waals surface area (Å²) >= 11 is 0.